The highest BCUT2D eigenvalue weighted by Crippen LogP contribution is 2.46. The average Bonchev–Trinajstić information content (AvgIpc) is 2.79. The molecular formula is C25H36F5O4P. The van der Waals surface area contributed by atoms with Gasteiger partial charge in [0, 0.05) is 0 Å². The van der Waals surface area contributed by atoms with Crippen LogP contribution in [0.1, 0.15) is 82.6 Å². The zero-order chi connectivity index (χ0) is 25.8. The van der Waals surface area contributed by atoms with Crippen LogP contribution in [-0.2, 0) is 4.57 Å². The first-order valence-electron chi connectivity index (χ1n) is 12.6. The van der Waals surface area contributed by atoms with E-state index >= 15 is 0 Å². The SMILES string of the molecule is CCCC1CCC(C2CCC(c3ccc(OCC(CP(=O)(O)O)C(F)(F)F)c(F)c3F)CC2)CC1. The van der Waals surface area contributed by atoms with Crippen molar-refractivity contribution in [3.05, 3.63) is 29.3 Å². The fourth-order valence-corrected chi connectivity index (χ4v) is 6.85. The molecule has 0 aromatic heterocycles. The van der Waals surface area contributed by atoms with Gasteiger partial charge < -0.3 is 14.5 Å². The second-order valence-electron chi connectivity index (χ2n) is 10.4. The maximum atomic E-state index is 14.8. The molecule has 0 amide bonds. The summed E-state index contributed by atoms with van der Waals surface area (Å²) in [6.07, 6.45) is 4.55. The van der Waals surface area contributed by atoms with E-state index in [1.54, 1.807) is 0 Å². The molecule has 2 aliphatic rings. The number of benzene rings is 1. The molecule has 2 saturated carbocycles. The summed E-state index contributed by atoms with van der Waals surface area (Å²) in [6, 6.07) is 2.47. The van der Waals surface area contributed by atoms with Gasteiger partial charge in [-0.15, -0.1) is 0 Å². The van der Waals surface area contributed by atoms with Crippen molar-refractivity contribution in [3.63, 3.8) is 0 Å². The first-order chi connectivity index (χ1) is 16.4. The third-order valence-corrected chi connectivity index (χ3v) is 8.82. The average molecular weight is 527 g/mol. The molecule has 1 aromatic carbocycles. The number of hydrogen-bond donors (Lipinski definition) is 2. The standard InChI is InChI=1S/C25H36F5O4P/c1-2-3-16-4-6-17(7-5-16)18-8-10-19(11-9-18)21-12-13-22(24(27)23(21)26)34-14-20(25(28,29)30)15-35(31,32)33/h12-13,16-20H,2-11,14-15H2,1H3,(H2,31,32,33). The van der Waals surface area contributed by atoms with Crippen LogP contribution in [0.3, 0.4) is 0 Å². The molecule has 35 heavy (non-hydrogen) atoms. The lowest BCUT2D eigenvalue weighted by molar-refractivity contribution is -0.176. The molecule has 4 nitrogen and oxygen atoms in total. The highest BCUT2D eigenvalue weighted by molar-refractivity contribution is 7.51. The summed E-state index contributed by atoms with van der Waals surface area (Å²) in [5.74, 6) is -3.67. The Kier molecular flexibility index (Phi) is 9.66. The summed E-state index contributed by atoms with van der Waals surface area (Å²) in [6.45, 7) is 1.01. The van der Waals surface area contributed by atoms with Crippen LogP contribution < -0.4 is 4.74 Å². The van der Waals surface area contributed by atoms with Gasteiger partial charge in [-0.1, -0.05) is 38.7 Å². The maximum Gasteiger partial charge on any atom is 0.395 e. The minimum atomic E-state index is -4.98. The second-order valence-corrected chi connectivity index (χ2v) is 12.1. The molecule has 2 N–H and O–H groups in total. The van der Waals surface area contributed by atoms with E-state index in [0.717, 1.165) is 37.7 Å². The Labute approximate surface area is 203 Å². The van der Waals surface area contributed by atoms with Crippen molar-refractivity contribution in [2.45, 2.75) is 83.2 Å². The van der Waals surface area contributed by atoms with Gasteiger partial charge in [-0.2, -0.15) is 17.6 Å². The molecule has 0 radical (unpaired) electrons. The molecule has 0 spiro atoms. The van der Waals surface area contributed by atoms with Crippen LogP contribution in [0.2, 0.25) is 0 Å². The minimum Gasteiger partial charge on any atom is -0.490 e. The lowest BCUT2D eigenvalue weighted by Crippen LogP contribution is -2.32. The van der Waals surface area contributed by atoms with Crippen LogP contribution in [-0.4, -0.2) is 28.7 Å². The third kappa shape index (κ3) is 7.90. The Hall–Kier alpha value is -1.18. The number of rotatable bonds is 9. The molecule has 0 bridgehead atoms. The lowest BCUT2D eigenvalue weighted by Gasteiger charge is -2.38. The number of halogens is 5. The molecule has 0 aliphatic heterocycles. The molecule has 0 saturated heterocycles. The smallest absolute Gasteiger partial charge is 0.395 e. The molecule has 2 fully saturated rings. The largest absolute Gasteiger partial charge is 0.490 e. The normalized spacial score (nSPS) is 27.0. The van der Waals surface area contributed by atoms with Crippen molar-refractivity contribution in [1.82, 2.24) is 0 Å². The van der Waals surface area contributed by atoms with E-state index in [0.29, 0.717) is 11.8 Å². The maximum absolute atomic E-state index is 14.8. The molecule has 2 aliphatic carbocycles. The zero-order valence-electron chi connectivity index (χ0n) is 20.1. The predicted octanol–water partition coefficient (Wildman–Crippen LogP) is 7.58. The van der Waals surface area contributed by atoms with Crippen molar-refractivity contribution >= 4 is 7.60 Å². The summed E-state index contributed by atoms with van der Waals surface area (Å²) in [4.78, 5) is 17.8. The topological polar surface area (TPSA) is 66.8 Å². The number of ether oxygens (including phenoxy) is 1. The van der Waals surface area contributed by atoms with Crippen LogP contribution >= 0.6 is 7.60 Å². The molecule has 1 aromatic rings. The molecular weight excluding hydrogens is 490 g/mol. The fraction of sp³-hybridized carbons (Fsp3) is 0.760. The van der Waals surface area contributed by atoms with Crippen molar-refractivity contribution < 1.29 is 41.0 Å². The Morgan fingerprint density at radius 1 is 0.971 bits per heavy atom. The van der Waals surface area contributed by atoms with Gasteiger partial charge in [-0.05, 0) is 73.8 Å². The summed E-state index contributed by atoms with van der Waals surface area (Å²) in [5.41, 5.74) is 0.211. The van der Waals surface area contributed by atoms with Crippen LogP contribution in [0.4, 0.5) is 22.0 Å². The third-order valence-electron chi connectivity index (χ3n) is 7.90. The number of alkyl halides is 3. The van der Waals surface area contributed by atoms with Crippen molar-refractivity contribution in [2.24, 2.45) is 23.7 Å². The summed E-state index contributed by atoms with van der Waals surface area (Å²) >= 11 is 0. The Morgan fingerprint density at radius 3 is 2.06 bits per heavy atom. The lowest BCUT2D eigenvalue weighted by atomic mass is 9.68. The highest BCUT2D eigenvalue weighted by atomic mass is 31.2. The Morgan fingerprint density at radius 2 is 1.54 bits per heavy atom. The number of hydrogen-bond acceptors (Lipinski definition) is 2. The van der Waals surface area contributed by atoms with Gasteiger partial charge >= 0.3 is 13.8 Å². The van der Waals surface area contributed by atoms with Gasteiger partial charge in [0.2, 0.25) is 5.82 Å². The van der Waals surface area contributed by atoms with Crippen molar-refractivity contribution in [1.29, 1.82) is 0 Å². The van der Waals surface area contributed by atoms with Gasteiger partial charge in [0.25, 0.3) is 0 Å². The van der Waals surface area contributed by atoms with E-state index in [4.69, 9.17) is 14.5 Å². The quantitative estimate of drug-likeness (QED) is 0.257. The molecule has 0 heterocycles. The zero-order valence-corrected chi connectivity index (χ0v) is 21.0. The Bertz CT molecular complexity index is 871. The Balaban J connectivity index is 1.58. The summed E-state index contributed by atoms with van der Waals surface area (Å²) in [5, 5.41) is 0. The van der Waals surface area contributed by atoms with Gasteiger partial charge in [0.1, 0.15) is 12.5 Å². The van der Waals surface area contributed by atoms with Crippen LogP contribution in [0.25, 0.3) is 0 Å². The van der Waals surface area contributed by atoms with Gasteiger partial charge in [0.15, 0.2) is 11.6 Å². The molecule has 3 rings (SSSR count). The minimum absolute atomic E-state index is 0.149. The molecule has 1 unspecified atom stereocenters. The summed E-state index contributed by atoms with van der Waals surface area (Å²) < 4.78 is 84.5. The monoisotopic (exact) mass is 526 g/mol. The molecule has 200 valence electrons. The second kappa shape index (κ2) is 11.9. The van der Waals surface area contributed by atoms with Crippen molar-refractivity contribution in [3.8, 4) is 5.75 Å². The fourth-order valence-electron chi connectivity index (χ4n) is 5.96. The molecule has 1 atom stereocenters. The van der Waals surface area contributed by atoms with Gasteiger partial charge in [0.05, 0.1) is 6.16 Å². The van der Waals surface area contributed by atoms with Crippen LogP contribution in [0.5, 0.6) is 5.75 Å². The first kappa shape index (κ1) is 28.4. The van der Waals surface area contributed by atoms with E-state index < -0.39 is 49.8 Å². The van der Waals surface area contributed by atoms with Crippen LogP contribution in [0.15, 0.2) is 12.1 Å². The first-order valence-corrected chi connectivity index (χ1v) is 14.4. The van der Waals surface area contributed by atoms with Crippen molar-refractivity contribution in [2.75, 3.05) is 12.8 Å². The molecule has 10 heteroatoms. The van der Waals surface area contributed by atoms with Gasteiger partial charge in [-0.3, -0.25) is 4.57 Å². The van der Waals surface area contributed by atoms with Gasteiger partial charge in [-0.25, -0.2) is 4.39 Å². The van der Waals surface area contributed by atoms with E-state index in [1.807, 2.05) is 0 Å². The van der Waals surface area contributed by atoms with E-state index in [9.17, 15) is 26.5 Å². The van der Waals surface area contributed by atoms with Crippen LogP contribution in [0, 0.1) is 35.3 Å². The van der Waals surface area contributed by atoms with E-state index in [-0.39, 0.29) is 11.5 Å². The van der Waals surface area contributed by atoms with E-state index in [1.165, 1.54) is 44.6 Å². The predicted molar refractivity (Wildman–Crippen MR) is 123 cm³/mol. The summed E-state index contributed by atoms with van der Waals surface area (Å²) in [7, 11) is -4.98. The van der Waals surface area contributed by atoms with E-state index in [2.05, 4.69) is 6.92 Å². The highest BCUT2D eigenvalue weighted by Gasteiger charge is 2.44.